The van der Waals surface area contributed by atoms with Gasteiger partial charge >= 0.3 is 5.97 Å². The highest BCUT2D eigenvalue weighted by atomic mass is 16.8. The van der Waals surface area contributed by atoms with Crippen LogP contribution in [0.1, 0.15) is 66.2 Å². The molecule has 0 N–H and O–H groups in total. The first-order chi connectivity index (χ1) is 9.87. The third-order valence-electron chi connectivity index (χ3n) is 5.14. The molecule has 0 amide bonds. The minimum Gasteiger partial charge on any atom is -0.462 e. The van der Waals surface area contributed by atoms with Gasteiger partial charge in [0.05, 0.1) is 12.0 Å². The van der Waals surface area contributed by atoms with E-state index in [0.29, 0.717) is 19.1 Å². The molecule has 1 aliphatic carbocycles. The molecule has 122 valence electrons. The van der Waals surface area contributed by atoms with E-state index >= 15 is 0 Å². The number of carbonyl (C=O) groups is 1. The Kier molecular flexibility index (Phi) is 5.31. The number of carbonyl (C=O) groups excluding carboxylic acids is 1. The summed E-state index contributed by atoms with van der Waals surface area (Å²) in [5.74, 6) is -0.170. The molecule has 2 aliphatic rings. The van der Waals surface area contributed by atoms with Crippen molar-refractivity contribution in [1.82, 2.24) is 0 Å². The second-order valence-electron chi connectivity index (χ2n) is 7.24. The average molecular weight is 298 g/mol. The molecule has 1 aliphatic heterocycles. The van der Waals surface area contributed by atoms with Gasteiger partial charge in [-0.2, -0.15) is 0 Å². The maximum absolute atomic E-state index is 12.0. The van der Waals surface area contributed by atoms with Crippen molar-refractivity contribution in [1.29, 1.82) is 0 Å². The minimum atomic E-state index is -0.488. The molecule has 4 heteroatoms. The summed E-state index contributed by atoms with van der Waals surface area (Å²) in [7, 11) is 0. The number of ether oxygens (including phenoxy) is 3. The van der Waals surface area contributed by atoms with E-state index in [1.165, 1.54) is 32.1 Å². The highest BCUT2D eigenvalue weighted by Crippen LogP contribution is 2.39. The van der Waals surface area contributed by atoms with Gasteiger partial charge in [-0.1, -0.05) is 26.2 Å². The Labute approximate surface area is 128 Å². The topological polar surface area (TPSA) is 44.8 Å². The van der Waals surface area contributed by atoms with Crippen LogP contribution in [-0.4, -0.2) is 31.1 Å². The molecule has 21 heavy (non-hydrogen) atoms. The fraction of sp³-hybridized carbons (Fsp3) is 0.941. The maximum atomic E-state index is 12.0. The fourth-order valence-corrected chi connectivity index (χ4v) is 3.09. The zero-order valence-corrected chi connectivity index (χ0v) is 13.9. The first kappa shape index (κ1) is 16.8. The molecular weight excluding hydrogens is 268 g/mol. The van der Waals surface area contributed by atoms with Crippen molar-refractivity contribution in [3.05, 3.63) is 0 Å². The Morgan fingerprint density at radius 1 is 1.29 bits per heavy atom. The van der Waals surface area contributed by atoms with E-state index in [9.17, 15) is 4.79 Å². The SMILES string of the molecule is CCC(C)(C)C(=O)OCC1COC(C)(C2CCCCC2)O1. The van der Waals surface area contributed by atoms with Crippen molar-refractivity contribution in [2.75, 3.05) is 13.2 Å². The summed E-state index contributed by atoms with van der Waals surface area (Å²) in [6, 6.07) is 0. The van der Waals surface area contributed by atoms with Crippen LogP contribution in [-0.2, 0) is 19.0 Å². The van der Waals surface area contributed by atoms with Crippen LogP contribution in [0.15, 0.2) is 0 Å². The molecule has 0 aromatic heterocycles. The van der Waals surface area contributed by atoms with Crippen molar-refractivity contribution in [2.45, 2.75) is 78.1 Å². The molecule has 0 radical (unpaired) electrons. The highest BCUT2D eigenvalue weighted by molar-refractivity contribution is 5.75. The van der Waals surface area contributed by atoms with Crippen LogP contribution in [0.3, 0.4) is 0 Å². The zero-order chi connectivity index (χ0) is 15.5. The molecule has 2 rings (SSSR count). The van der Waals surface area contributed by atoms with E-state index in [0.717, 1.165) is 6.42 Å². The van der Waals surface area contributed by atoms with Crippen LogP contribution in [0, 0.1) is 11.3 Å². The molecule has 2 atom stereocenters. The molecule has 0 aromatic carbocycles. The lowest BCUT2D eigenvalue weighted by Crippen LogP contribution is -2.38. The molecule has 2 unspecified atom stereocenters. The zero-order valence-electron chi connectivity index (χ0n) is 13.9. The molecular formula is C17H30O4. The van der Waals surface area contributed by atoms with E-state index in [4.69, 9.17) is 14.2 Å². The van der Waals surface area contributed by atoms with Crippen molar-refractivity contribution in [3.63, 3.8) is 0 Å². The van der Waals surface area contributed by atoms with Gasteiger partial charge in [0.1, 0.15) is 12.7 Å². The normalized spacial score (nSPS) is 31.3. The molecule has 0 bridgehead atoms. The smallest absolute Gasteiger partial charge is 0.311 e. The van der Waals surface area contributed by atoms with Gasteiger partial charge in [0, 0.05) is 5.92 Å². The third-order valence-corrected chi connectivity index (χ3v) is 5.14. The van der Waals surface area contributed by atoms with Gasteiger partial charge in [0.25, 0.3) is 0 Å². The third kappa shape index (κ3) is 3.98. The Hall–Kier alpha value is -0.610. The average Bonchev–Trinajstić information content (AvgIpc) is 2.88. The van der Waals surface area contributed by atoms with Gasteiger partial charge in [-0.3, -0.25) is 4.79 Å². The number of hydrogen-bond acceptors (Lipinski definition) is 4. The van der Waals surface area contributed by atoms with Crippen molar-refractivity contribution >= 4 is 5.97 Å². The van der Waals surface area contributed by atoms with Crippen LogP contribution in [0.5, 0.6) is 0 Å². The van der Waals surface area contributed by atoms with E-state index in [1.54, 1.807) is 0 Å². The van der Waals surface area contributed by atoms with Crippen molar-refractivity contribution in [2.24, 2.45) is 11.3 Å². The summed E-state index contributed by atoms with van der Waals surface area (Å²) in [4.78, 5) is 12.0. The fourth-order valence-electron chi connectivity index (χ4n) is 3.09. The van der Waals surface area contributed by atoms with Crippen LogP contribution >= 0.6 is 0 Å². The molecule has 0 aromatic rings. The first-order valence-electron chi connectivity index (χ1n) is 8.36. The number of rotatable bonds is 5. The van der Waals surface area contributed by atoms with E-state index in [-0.39, 0.29) is 12.1 Å². The summed E-state index contributed by atoms with van der Waals surface area (Å²) in [5, 5.41) is 0. The quantitative estimate of drug-likeness (QED) is 0.726. The predicted molar refractivity (Wildman–Crippen MR) is 80.8 cm³/mol. The van der Waals surface area contributed by atoms with Crippen LogP contribution < -0.4 is 0 Å². The van der Waals surface area contributed by atoms with Gasteiger partial charge in [-0.15, -0.1) is 0 Å². The summed E-state index contributed by atoms with van der Waals surface area (Å²) in [6.07, 6.45) is 6.83. The lowest BCUT2D eigenvalue weighted by Gasteiger charge is -2.35. The Bertz CT molecular complexity index is 360. The van der Waals surface area contributed by atoms with Gasteiger partial charge in [-0.25, -0.2) is 0 Å². The van der Waals surface area contributed by atoms with E-state index < -0.39 is 11.2 Å². The lowest BCUT2D eigenvalue weighted by atomic mass is 9.84. The van der Waals surface area contributed by atoms with Crippen LogP contribution in [0.25, 0.3) is 0 Å². The minimum absolute atomic E-state index is 0.131. The number of hydrogen-bond donors (Lipinski definition) is 0. The summed E-state index contributed by atoms with van der Waals surface area (Å²) >= 11 is 0. The standard InChI is InChI=1S/C17H30O4/c1-5-16(2,3)15(18)19-11-14-12-20-17(4,21-14)13-9-7-6-8-10-13/h13-14H,5-12H2,1-4H3. The van der Waals surface area contributed by atoms with Crippen LogP contribution in [0.2, 0.25) is 0 Å². The van der Waals surface area contributed by atoms with E-state index in [1.807, 2.05) is 27.7 Å². The highest BCUT2D eigenvalue weighted by Gasteiger charge is 2.44. The summed E-state index contributed by atoms with van der Waals surface area (Å²) in [6.45, 7) is 8.68. The van der Waals surface area contributed by atoms with Crippen molar-refractivity contribution < 1.29 is 19.0 Å². The Balaban J connectivity index is 1.81. The number of esters is 1. The predicted octanol–water partition coefficient (Wildman–Crippen LogP) is 3.68. The van der Waals surface area contributed by atoms with Gasteiger partial charge in [0.2, 0.25) is 0 Å². The molecule has 1 heterocycles. The molecule has 1 saturated carbocycles. The van der Waals surface area contributed by atoms with Crippen LogP contribution in [0.4, 0.5) is 0 Å². The summed E-state index contributed by atoms with van der Waals surface area (Å²) in [5.41, 5.74) is -0.424. The van der Waals surface area contributed by atoms with Gasteiger partial charge in [-0.05, 0) is 40.0 Å². The Morgan fingerprint density at radius 2 is 1.95 bits per heavy atom. The lowest BCUT2D eigenvalue weighted by molar-refractivity contribution is -0.203. The maximum Gasteiger partial charge on any atom is 0.311 e. The van der Waals surface area contributed by atoms with Gasteiger partial charge in [0.15, 0.2) is 5.79 Å². The molecule has 1 saturated heterocycles. The molecule has 0 spiro atoms. The largest absolute Gasteiger partial charge is 0.462 e. The second kappa shape index (κ2) is 6.66. The van der Waals surface area contributed by atoms with Crippen molar-refractivity contribution in [3.8, 4) is 0 Å². The monoisotopic (exact) mass is 298 g/mol. The second-order valence-corrected chi connectivity index (χ2v) is 7.24. The van der Waals surface area contributed by atoms with Gasteiger partial charge < -0.3 is 14.2 Å². The molecule has 2 fully saturated rings. The first-order valence-corrected chi connectivity index (χ1v) is 8.36. The Morgan fingerprint density at radius 3 is 2.57 bits per heavy atom. The summed E-state index contributed by atoms with van der Waals surface area (Å²) < 4.78 is 17.4. The van der Waals surface area contributed by atoms with E-state index in [2.05, 4.69) is 0 Å². The molecule has 4 nitrogen and oxygen atoms in total.